The smallest absolute Gasteiger partial charge is 0.261 e. The lowest BCUT2D eigenvalue weighted by atomic mass is 9.87. The summed E-state index contributed by atoms with van der Waals surface area (Å²) in [5.74, 6) is -0.236. The molecule has 1 aliphatic rings. The second-order valence-electron chi connectivity index (χ2n) is 9.34. The Labute approximate surface area is 209 Å². The standard InChI is InChI=1S/C26H29N7O3/c1-15(27)29-23(35)20-13-28-25(32-22(20)31-21(14-34)16-7-5-4-6-8-16)30-18-9-10-19-17(11-18)12-26(2,3)33-24(19)36/h4-11,13,21,34H,12,14H2,1-3H3,(H,33,36)(H2,27,29,35)(H2,28,30,31,32)/t21-/m1/s1. The van der Waals surface area contributed by atoms with Crippen LogP contribution in [0.4, 0.5) is 17.5 Å². The van der Waals surface area contributed by atoms with Crippen molar-refractivity contribution in [3.63, 3.8) is 0 Å². The number of aliphatic hydroxyl groups excluding tert-OH is 1. The molecule has 36 heavy (non-hydrogen) atoms. The second-order valence-corrected chi connectivity index (χ2v) is 9.34. The van der Waals surface area contributed by atoms with E-state index in [1.165, 1.54) is 13.1 Å². The van der Waals surface area contributed by atoms with E-state index in [-0.39, 0.29) is 41.2 Å². The molecule has 2 aromatic carbocycles. The molecule has 0 saturated carbocycles. The number of carbonyl (C=O) groups is 2. The maximum atomic E-state index is 12.7. The third-order valence-electron chi connectivity index (χ3n) is 5.72. The first-order valence-electron chi connectivity index (χ1n) is 11.5. The summed E-state index contributed by atoms with van der Waals surface area (Å²) >= 11 is 0. The van der Waals surface area contributed by atoms with Gasteiger partial charge in [-0.05, 0) is 56.5 Å². The fourth-order valence-corrected chi connectivity index (χ4v) is 4.10. The van der Waals surface area contributed by atoms with Gasteiger partial charge in [0.2, 0.25) is 5.95 Å². The molecule has 0 saturated heterocycles. The number of amides is 2. The van der Waals surface area contributed by atoms with E-state index in [2.05, 4.69) is 31.2 Å². The third-order valence-corrected chi connectivity index (χ3v) is 5.72. The van der Waals surface area contributed by atoms with E-state index < -0.39 is 11.9 Å². The summed E-state index contributed by atoms with van der Waals surface area (Å²) in [6, 6.07) is 14.2. The van der Waals surface area contributed by atoms with Gasteiger partial charge < -0.3 is 26.4 Å². The number of hydrogen-bond donors (Lipinski definition) is 6. The topological polar surface area (TPSA) is 152 Å². The molecule has 0 spiro atoms. The Morgan fingerprint density at radius 3 is 2.67 bits per heavy atom. The maximum absolute atomic E-state index is 12.7. The molecule has 186 valence electrons. The molecule has 10 nitrogen and oxygen atoms in total. The molecule has 0 bridgehead atoms. The summed E-state index contributed by atoms with van der Waals surface area (Å²) in [4.78, 5) is 33.9. The summed E-state index contributed by atoms with van der Waals surface area (Å²) in [6.45, 7) is 5.17. The van der Waals surface area contributed by atoms with E-state index in [1.54, 1.807) is 12.1 Å². The van der Waals surface area contributed by atoms with Gasteiger partial charge in [0, 0.05) is 23.0 Å². The molecule has 10 heteroatoms. The van der Waals surface area contributed by atoms with Crippen molar-refractivity contribution in [3.8, 4) is 0 Å². The van der Waals surface area contributed by atoms with Gasteiger partial charge in [0.05, 0.1) is 18.5 Å². The van der Waals surface area contributed by atoms with Crippen LogP contribution in [0.5, 0.6) is 0 Å². The van der Waals surface area contributed by atoms with Crippen molar-refractivity contribution in [2.24, 2.45) is 0 Å². The molecule has 4 rings (SSSR count). The fraction of sp³-hybridized carbons (Fsp3) is 0.269. The number of benzene rings is 2. The van der Waals surface area contributed by atoms with Crippen molar-refractivity contribution in [2.75, 3.05) is 17.2 Å². The lowest BCUT2D eigenvalue weighted by Crippen LogP contribution is -2.49. The zero-order chi connectivity index (χ0) is 25.9. The number of aliphatic hydroxyl groups is 1. The average molecular weight is 488 g/mol. The minimum Gasteiger partial charge on any atom is -0.394 e. The summed E-state index contributed by atoms with van der Waals surface area (Å²) in [5, 5.41) is 29.3. The monoisotopic (exact) mass is 487 g/mol. The van der Waals surface area contributed by atoms with Gasteiger partial charge in [-0.1, -0.05) is 30.3 Å². The molecule has 0 radical (unpaired) electrons. The van der Waals surface area contributed by atoms with Crippen molar-refractivity contribution in [1.82, 2.24) is 20.6 Å². The highest BCUT2D eigenvalue weighted by molar-refractivity contribution is 6.07. The van der Waals surface area contributed by atoms with Crippen LogP contribution in [-0.4, -0.2) is 44.9 Å². The number of nitrogens with one attached hydrogen (secondary N) is 5. The van der Waals surface area contributed by atoms with Crippen LogP contribution in [0.1, 0.15) is 58.7 Å². The molecule has 3 aromatic rings. The minimum atomic E-state index is -0.539. The van der Waals surface area contributed by atoms with Gasteiger partial charge in [-0.2, -0.15) is 4.98 Å². The number of rotatable bonds is 7. The van der Waals surface area contributed by atoms with Gasteiger partial charge in [-0.15, -0.1) is 0 Å². The molecule has 2 amide bonds. The molecule has 0 unspecified atom stereocenters. The van der Waals surface area contributed by atoms with Gasteiger partial charge in [-0.25, -0.2) is 4.98 Å². The number of hydrogen-bond acceptors (Lipinski definition) is 8. The van der Waals surface area contributed by atoms with E-state index in [4.69, 9.17) is 5.41 Å². The largest absolute Gasteiger partial charge is 0.394 e. The molecule has 2 heterocycles. The quantitative estimate of drug-likeness (QED) is 0.221. The number of carbonyl (C=O) groups excluding carboxylic acids is 2. The fourth-order valence-electron chi connectivity index (χ4n) is 4.10. The molecular weight excluding hydrogens is 458 g/mol. The predicted molar refractivity (Wildman–Crippen MR) is 138 cm³/mol. The highest BCUT2D eigenvalue weighted by Gasteiger charge is 2.30. The maximum Gasteiger partial charge on any atom is 0.261 e. The number of anilines is 3. The van der Waals surface area contributed by atoms with Crippen molar-refractivity contribution in [2.45, 2.75) is 38.8 Å². The number of amidine groups is 1. The van der Waals surface area contributed by atoms with Crippen LogP contribution in [0.15, 0.2) is 54.7 Å². The Balaban J connectivity index is 1.65. The van der Waals surface area contributed by atoms with Crippen LogP contribution < -0.4 is 21.3 Å². The average Bonchev–Trinajstić information content (AvgIpc) is 2.81. The van der Waals surface area contributed by atoms with Crippen molar-refractivity contribution >= 4 is 35.1 Å². The summed E-state index contributed by atoms with van der Waals surface area (Å²) in [7, 11) is 0. The van der Waals surface area contributed by atoms with Crippen LogP contribution in [0, 0.1) is 5.41 Å². The molecular formula is C26H29N7O3. The molecule has 0 fully saturated rings. The van der Waals surface area contributed by atoms with E-state index in [9.17, 15) is 14.7 Å². The Morgan fingerprint density at radius 1 is 1.22 bits per heavy atom. The second kappa shape index (κ2) is 10.1. The van der Waals surface area contributed by atoms with Gasteiger partial charge in [0.25, 0.3) is 11.8 Å². The Kier molecular flexibility index (Phi) is 6.98. The zero-order valence-corrected chi connectivity index (χ0v) is 20.3. The molecule has 1 aliphatic heterocycles. The Hall–Kier alpha value is -4.31. The molecule has 6 N–H and O–H groups in total. The van der Waals surface area contributed by atoms with Crippen molar-refractivity contribution in [1.29, 1.82) is 5.41 Å². The number of aromatic nitrogens is 2. The van der Waals surface area contributed by atoms with Crippen molar-refractivity contribution in [3.05, 3.63) is 77.0 Å². The van der Waals surface area contributed by atoms with Crippen LogP contribution >= 0.6 is 0 Å². The van der Waals surface area contributed by atoms with Crippen molar-refractivity contribution < 1.29 is 14.7 Å². The lowest BCUT2D eigenvalue weighted by molar-refractivity contribution is 0.0896. The third kappa shape index (κ3) is 5.66. The summed E-state index contributed by atoms with van der Waals surface area (Å²) < 4.78 is 0. The van der Waals surface area contributed by atoms with E-state index in [0.29, 0.717) is 17.7 Å². The zero-order valence-electron chi connectivity index (χ0n) is 20.3. The van der Waals surface area contributed by atoms with Gasteiger partial charge in [0.1, 0.15) is 11.4 Å². The van der Waals surface area contributed by atoms with E-state index in [1.807, 2.05) is 50.2 Å². The highest BCUT2D eigenvalue weighted by atomic mass is 16.3. The molecule has 1 atom stereocenters. The SMILES string of the molecule is CC(=N)NC(=O)c1cnc(Nc2ccc3c(c2)CC(C)(C)NC3=O)nc1N[C@H](CO)c1ccccc1. The molecule has 0 aliphatic carbocycles. The van der Waals surface area contributed by atoms with E-state index in [0.717, 1.165) is 11.1 Å². The summed E-state index contributed by atoms with van der Waals surface area (Å²) in [5.41, 5.74) is 2.83. The predicted octanol–water partition coefficient (Wildman–Crippen LogP) is 3.16. The van der Waals surface area contributed by atoms with Crippen LogP contribution in [-0.2, 0) is 6.42 Å². The first-order chi connectivity index (χ1) is 17.1. The first-order valence-corrected chi connectivity index (χ1v) is 11.5. The van der Waals surface area contributed by atoms with Crippen LogP contribution in [0.3, 0.4) is 0 Å². The number of fused-ring (bicyclic) bond motifs is 1. The van der Waals surface area contributed by atoms with Crippen LogP contribution in [0.25, 0.3) is 0 Å². The van der Waals surface area contributed by atoms with Gasteiger partial charge in [0.15, 0.2) is 0 Å². The first kappa shape index (κ1) is 24.8. The lowest BCUT2D eigenvalue weighted by Gasteiger charge is -2.32. The number of nitrogens with zero attached hydrogens (tertiary/aromatic N) is 2. The van der Waals surface area contributed by atoms with Crippen LogP contribution in [0.2, 0.25) is 0 Å². The van der Waals surface area contributed by atoms with Gasteiger partial charge in [-0.3, -0.25) is 15.0 Å². The van der Waals surface area contributed by atoms with Gasteiger partial charge >= 0.3 is 0 Å². The Morgan fingerprint density at radius 2 is 1.97 bits per heavy atom. The molecule has 1 aromatic heterocycles. The highest BCUT2D eigenvalue weighted by Crippen LogP contribution is 2.28. The normalized spacial score (nSPS) is 14.7. The minimum absolute atomic E-state index is 0.0176. The Bertz CT molecular complexity index is 1310. The summed E-state index contributed by atoms with van der Waals surface area (Å²) in [6.07, 6.45) is 2.04. The van der Waals surface area contributed by atoms with E-state index >= 15 is 0 Å².